The SMILES string of the molecule is CCCCCCCCN(C(=O)C(CCSC)NC(=O)OC(C)(C)C)C(C(=O)Nc1ccc2ccccc2c1)c1ccccc1. The van der Waals surface area contributed by atoms with Crippen LogP contribution in [0.25, 0.3) is 10.8 Å². The predicted octanol–water partition coefficient (Wildman–Crippen LogP) is 8.36. The zero-order valence-electron chi connectivity index (χ0n) is 26.9. The maximum atomic E-state index is 14.4. The minimum absolute atomic E-state index is 0.291. The molecule has 0 saturated carbocycles. The van der Waals surface area contributed by atoms with Gasteiger partial charge in [-0.2, -0.15) is 11.8 Å². The van der Waals surface area contributed by atoms with Crippen LogP contribution in [0.4, 0.5) is 10.5 Å². The van der Waals surface area contributed by atoms with E-state index >= 15 is 0 Å². The standard InChI is InChI=1S/C36H49N3O4S/c1-6-7-8-9-10-16-24-39(34(41)31(23-25-44-5)38-35(42)43-36(2,3)4)32(28-18-12-11-13-19-28)33(40)37-30-22-21-27-17-14-15-20-29(27)26-30/h11-15,17-22,26,31-32H,6-10,16,23-25H2,1-5H3,(H,37,40)(H,38,42). The van der Waals surface area contributed by atoms with Gasteiger partial charge in [0.1, 0.15) is 17.7 Å². The molecule has 0 radical (unpaired) electrons. The second-order valence-electron chi connectivity index (χ2n) is 12.1. The number of nitrogens with one attached hydrogen (secondary N) is 2. The lowest BCUT2D eigenvalue weighted by Crippen LogP contribution is -2.52. The highest BCUT2D eigenvalue weighted by Crippen LogP contribution is 2.27. The zero-order chi connectivity index (χ0) is 32.0. The van der Waals surface area contributed by atoms with Gasteiger partial charge in [0.25, 0.3) is 5.91 Å². The fourth-order valence-electron chi connectivity index (χ4n) is 5.16. The Labute approximate surface area is 267 Å². The molecular weight excluding hydrogens is 570 g/mol. The number of anilines is 1. The number of benzene rings is 3. The monoisotopic (exact) mass is 619 g/mol. The van der Waals surface area contributed by atoms with Crippen molar-refractivity contribution in [2.45, 2.75) is 90.3 Å². The van der Waals surface area contributed by atoms with Crippen LogP contribution in [-0.4, -0.2) is 53.0 Å². The lowest BCUT2D eigenvalue weighted by molar-refractivity contribution is -0.141. The van der Waals surface area contributed by atoms with E-state index in [0.29, 0.717) is 30.0 Å². The molecule has 238 valence electrons. The fourth-order valence-corrected chi connectivity index (χ4v) is 5.63. The number of carbonyl (C=O) groups is 3. The predicted molar refractivity (Wildman–Crippen MR) is 183 cm³/mol. The normalized spacial score (nSPS) is 12.8. The maximum Gasteiger partial charge on any atom is 0.408 e. The van der Waals surface area contributed by atoms with Crippen molar-refractivity contribution in [2.75, 3.05) is 23.9 Å². The van der Waals surface area contributed by atoms with Gasteiger partial charge in [-0.3, -0.25) is 9.59 Å². The van der Waals surface area contributed by atoms with E-state index in [-0.39, 0.29) is 11.8 Å². The van der Waals surface area contributed by atoms with Gasteiger partial charge in [-0.15, -0.1) is 0 Å². The van der Waals surface area contributed by atoms with Gasteiger partial charge in [0, 0.05) is 12.2 Å². The first-order valence-electron chi connectivity index (χ1n) is 15.8. The number of hydrogen-bond donors (Lipinski definition) is 2. The first-order chi connectivity index (χ1) is 21.1. The van der Waals surface area contributed by atoms with Gasteiger partial charge in [0.2, 0.25) is 5.91 Å². The maximum absolute atomic E-state index is 14.4. The highest BCUT2D eigenvalue weighted by molar-refractivity contribution is 7.98. The summed E-state index contributed by atoms with van der Waals surface area (Å²) in [5.41, 5.74) is 0.667. The van der Waals surface area contributed by atoms with E-state index in [9.17, 15) is 14.4 Å². The van der Waals surface area contributed by atoms with Gasteiger partial charge < -0.3 is 20.3 Å². The minimum Gasteiger partial charge on any atom is -0.444 e. The van der Waals surface area contributed by atoms with Crippen molar-refractivity contribution >= 4 is 46.1 Å². The summed E-state index contributed by atoms with van der Waals surface area (Å²) in [6, 6.07) is 21.5. The number of thioether (sulfide) groups is 1. The summed E-state index contributed by atoms with van der Waals surface area (Å²) in [4.78, 5) is 43.1. The van der Waals surface area contributed by atoms with Gasteiger partial charge in [0.15, 0.2) is 0 Å². The summed E-state index contributed by atoms with van der Waals surface area (Å²) in [5.74, 6) is 0.0729. The lowest BCUT2D eigenvalue weighted by Gasteiger charge is -2.34. The lowest BCUT2D eigenvalue weighted by atomic mass is 10.0. The summed E-state index contributed by atoms with van der Waals surface area (Å²) in [5, 5.41) is 8.01. The molecule has 2 unspecified atom stereocenters. The van der Waals surface area contributed by atoms with E-state index in [4.69, 9.17) is 4.74 Å². The number of amides is 3. The van der Waals surface area contributed by atoms with Crippen LogP contribution < -0.4 is 10.6 Å². The van der Waals surface area contributed by atoms with Crippen LogP contribution in [0.15, 0.2) is 72.8 Å². The molecule has 3 amide bonds. The average molecular weight is 620 g/mol. The molecule has 0 aromatic heterocycles. The Morgan fingerprint density at radius 3 is 2.20 bits per heavy atom. The zero-order valence-corrected chi connectivity index (χ0v) is 27.8. The molecule has 8 heteroatoms. The van der Waals surface area contributed by atoms with Crippen molar-refractivity contribution in [1.82, 2.24) is 10.2 Å². The Bertz CT molecular complexity index is 1340. The first kappa shape index (κ1) is 35.0. The number of nitrogens with zero attached hydrogens (tertiary/aromatic N) is 1. The van der Waals surface area contributed by atoms with Crippen LogP contribution in [0, 0.1) is 0 Å². The van der Waals surface area contributed by atoms with Gasteiger partial charge in [0.05, 0.1) is 0 Å². The van der Waals surface area contributed by atoms with Gasteiger partial charge >= 0.3 is 6.09 Å². The number of unbranched alkanes of at least 4 members (excludes halogenated alkanes) is 5. The molecule has 44 heavy (non-hydrogen) atoms. The highest BCUT2D eigenvalue weighted by atomic mass is 32.2. The van der Waals surface area contributed by atoms with E-state index in [1.807, 2.05) is 79.1 Å². The van der Waals surface area contributed by atoms with Crippen LogP contribution in [0.1, 0.15) is 84.2 Å². The number of ether oxygens (including phenoxy) is 1. The van der Waals surface area contributed by atoms with Crippen molar-refractivity contribution in [1.29, 1.82) is 0 Å². The molecule has 0 fully saturated rings. The summed E-state index contributed by atoms with van der Waals surface area (Å²) >= 11 is 1.60. The Balaban J connectivity index is 1.96. The summed E-state index contributed by atoms with van der Waals surface area (Å²) in [7, 11) is 0. The molecule has 0 heterocycles. The van der Waals surface area contributed by atoms with Crippen molar-refractivity contribution in [3.05, 3.63) is 78.4 Å². The van der Waals surface area contributed by atoms with Gasteiger partial charge in [-0.25, -0.2) is 4.79 Å². The number of rotatable bonds is 16. The van der Waals surface area contributed by atoms with E-state index in [1.54, 1.807) is 37.4 Å². The van der Waals surface area contributed by atoms with E-state index in [2.05, 4.69) is 17.6 Å². The van der Waals surface area contributed by atoms with Crippen molar-refractivity contribution < 1.29 is 19.1 Å². The molecule has 2 atom stereocenters. The topological polar surface area (TPSA) is 87.7 Å². The Kier molecular flexibility index (Phi) is 14.1. The third-order valence-corrected chi connectivity index (χ3v) is 7.97. The second kappa shape index (κ2) is 17.7. The van der Waals surface area contributed by atoms with E-state index < -0.39 is 23.8 Å². The second-order valence-corrected chi connectivity index (χ2v) is 13.1. The Hall–Kier alpha value is -3.52. The Morgan fingerprint density at radius 2 is 1.52 bits per heavy atom. The van der Waals surface area contributed by atoms with Crippen LogP contribution >= 0.6 is 11.8 Å². The quantitative estimate of drug-likeness (QED) is 0.157. The summed E-state index contributed by atoms with van der Waals surface area (Å²) in [6.45, 7) is 7.95. The number of hydrogen-bond acceptors (Lipinski definition) is 5. The van der Waals surface area contributed by atoms with Gasteiger partial charge in [-0.05, 0) is 74.1 Å². The summed E-state index contributed by atoms with van der Waals surface area (Å²) < 4.78 is 5.51. The Morgan fingerprint density at radius 1 is 0.864 bits per heavy atom. The molecule has 0 spiro atoms. The molecule has 3 aromatic carbocycles. The molecule has 3 aromatic rings. The highest BCUT2D eigenvalue weighted by Gasteiger charge is 2.36. The molecule has 3 rings (SSSR count). The minimum atomic E-state index is -0.886. The smallest absolute Gasteiger partial charge is 0.408 e. The van der Waals surface area contributed by atoms with Crippen LogP contribution in [-0.2, 0) is 14.3 Å². The molecular formula is C36H49N3O4S. The summed E-state index contributed by atoms with van der Waals surface area (Å²) in [6.07, 6.45) is 7.99. The molecule has 0 bridgehead atoms. The molecule has 0 aliphatic rings. The molecule has 0 aliphatic carbocycles. The van der Waals surface area contributed by atoms with Crippen molar-refractivity contribution in [3.8, 4) is 0 Å². The molecule has 0 aliphatic heterocycles. The third-order valence-electron chi connectivity index (χ3n) is 7.33. The third kappa shape index (κ3) is 11.2. The largest absolute Gasteiger partial charge is 0.444 e. The first-order valence-corrected chi connectivity index (χ1v) is 17.2. The number of alkyl carbamates (subject to hydrolysis) is 1. The van der Waals surface area contributed by atoms with Crippen LogP contribution in [0.5, 0.6) is 0 Å². The molecule has 0 saturated heterocycles. The average Bonchev–Trinajstić information content (AvgIpc) is 2.99. The van der Waals surface area contributed by atoms with Crippen LogP contribution in [0.2, 0.25) is 0 Å². The van der Waals surface area contributed by atoms with Crippen LogP contribution in [0.3, 0.4) is 0 Å². The number of fused-ring (bicyclic) bond motifs is 1. The van der Waals surface area contributed by atoms with Crippen molar-refractivity contribution in [3.63, 3.8) is 0 Å². The molecule has 2 N–H and O–H groups in total. The fraction of sp³-hybridized carbons (Fsp3) is 0.472. The molecule has 7 nitrogen and oxygen atoms in total. The number of carbonyl (C=O) groups excluding carboxylic acids is 3. The van der Waals surface area contributed by atoms with E-state index in [0.717, 1.165) is 42.9 Å². The van der Waals surface area contributed by atoms with Gasteiger partial charge in [-0.1, -0.05) is 99.7 Å². The van der Waals surface area contributed by atoms with E-state index in [1.165, 1.54) is 6.42 Å². The van der Waals surface area contributed by atoms with Crippen molar-refractivity contribution in [2.24, 2.45) is 0 Å².